The van der Waals surface area contributed by atoms with Crippen molar-refractivity contribution in [2.45, 2.75) is 19.4 Å². The van der Waals surface area contributed by atoms with Crippen LogP contribution in [-0.2, 0) is 16.4 Å². The number of sulfonamides is 1. The van der Waals surface area contributed by atoms with Crippen LogP contribution in [0, 0.1) is 5.82 Å². The Labute approximate surface area is 146 Å². The van der Waals surface area contributed by atoms with Crippen LogP contribution in [0.1, 0.15) is 34.5 Å². The van der Waals surface area contributed by atoms with E-state index in [2.05, 4.69) is 5.32 Å². The zero-order valence-corrected chi connectivity index (χ0v) is 14.8. The van der Waals surface area contributed by atoms with Gasteiger partial charge in [0.2, 0.25) is 10.0 Å². The van der Waals surface area contributed by atoms with Crippen molar-refractivity contribution in [1.29, 1.82) is 0 Å². The summed E-state index contributed by atoms with van der Waals surface area (Å²) in [5.41, 5.74) is 2.75. The third kappa shape index (κ3) is 3.66. The Hall–Kier alpha value is -2.41. The highest BCUT2D eigenvalue weighted by Crippen LogP contribution is 2.30. The van der Waals surface area contributed by atoms with Crippen molar-refractivity contribution in [3.63, 3.8) is 0 Å². The minimum atomic E-state index is -3.31. The van der Waals surface area contributed by atoms with Gasteiger partial charge in [0.05, 0.1) is 18.0 Å². The zero-order chi connectivity index (χ0) is 18.2. The average Bonchev–Trinajstić information content (AvgIpc) is 2.98. The van der Waals surface area contributed by atoms with E-state index in [1.54, 1.807) is 30.3 Å². The highest BCUT2D eigenvalue weighted by atomic mass is 32.2. The van der Waals surface area contributed by atoms with E-state index in [1.165, 1.54) is 22.7 Å². The van der Waals surface area contributed by atoms with E-state index in [-0.39, 0.29) is 17.8 Å². The van der Waals surface area contributed by atoms with E-state index in [0.29, 0.717) is 24.2 Å². The number of nitrogens with one attached hydrogen (secondary N) is 1. The molecule has 0 spiro atoms. The maximum atomic E-state index is 13.0. The van der Waals surface area contributed by atoms with Gasteiger partial charge in [-0.05, 0) is 54.8 Å². The Morgan fingerprint density at radius 1 is 1.20 bits per heavy atom. The molecule has 0 fully saturated rings. The summed E-state index contributed by atoms with van der Waals surface area (Å²) in [7, 11) is -3.31. The number of rotatable bonds is 4. The molecule has 0 aromatic heterocycles. The van der Waals surface area contributed by atoms with E-state index in [0.717, 1.165) is 11.1 Å². The number of fused-ring (bicyclic) bond motifs is 1. The van der Waals surface area contributed by atoms with Gasteiger partial charge in [-0.3, -0.25) is 9.10 Å². The smallest absolute Gasteiger partial charge is 0.251 e. The van der Waals surface area contributed by atoms with E-state index in [4.69, 9.17) is 0 Å². The summed E-state index contributed by atoms with van der Waals surface area (Å²) in [5.74, 6) is -0.575. The Morgan fingerprint density at radius 3 is 2.52 bits per heavy atom. The summed E-state index contributed by atoms with van der Waals surface area (Å²) >= 11 is 0. The molecule has 2 aromatic rings. The molecule has 1 heterocycles. The van der Waals surface area contributed by atoms with Crippen molar-refractivity contribution in [3.05, 3.63) is 65.0 Å². The predicted molar refractivity (Wildman–Crippen MR) is 94.6 cm³/mol. The lowest BCUT2D eigenvalue weighted by Crippen LogP contribution is -2.28. The van der Waals surface area contributed by atoms with Gasteiger partial charge in [0.15, 0.2) is 0 Å². The van der Waals surface area contributed by atoms with Crippen molar-refractivity contribution in [1.82, 2.24) is 5.32 Å². The van der Waals surface area contributed by atoms with E-state index >= 15 is 0 Å². The van der Waals surface area contributed by atoms with Gasteiger partial charge < -0.3 is 5.32 Å². The molecular weight excluding hydrogens is 343 g/mol. The highest BCUT2D eigenvalue weighted by Gasteiger charge is 2.26. The maximum Gasteiger partial charge on any atom is 0.251 e. The molecule has 0 saturated heterocycles. The molecule has 132 valence electrons. The number of carbonyl (C=O) groups is 1. The molecule has 1 aliphatic rings. The Morgan fingerprint density at radius 2 is 1.88 bits per heavy atom. The van der Waals surface area contributed by atoms with Crippen LogP contribution in [-0.4, -0.2) is 27.1 Å². The first-order valence-corrected chi connectivity index (χ1v) is 9.77. The molecule has 1 unspecified atom stereocenters. The second-order valence-electron chi connectivity index (χ2n) is 6.18. The summed E-state index contributed by atoms with van der Waals surface area (Å²) in [4.78, 5) is 12.5. The van der Waals surface area contributed by atoms with Gasteiger partial charge in [-0.25, -0.2) is 12.8 Å². The Balaban J connectivity index is 1.77. The van der Waals surface area contributed by atoms with Gasteiger partial charge in [0, 0.05) is 12.1 Å². The molecule has 0 saturated carbocycles. The fourth-order valence-electron chi connectivity index (χ4n) is 2.97. The minimum Gasteiger partial charge on any atom is -0.346 e. The maximum absolute atomic E-state index is 13.0. The van der Waals surface area contributed by atoms with Crippen LogP contribution in [0.2, 0.25) is 0 Å². The number of hydrogen-bond donors (Lipinski definition) is 1. The third-order valence-corrected chi connectivity index (χ3v) is 5.49. The molecule has 1 aliphatic heterocycles. The van der Waals surface area contributed by atoms with Crippen LogP contribution in [0.5, 0.6) is 0 Å². The number of anilines is 1. The lowest BCUT2D eigenvalue weighted by atomic mass is 10.1. The Bertz CT molecular complexity index is 910. The second-order valence-corrected chi connectivity index (χ2v) is 8.08. The van der Waals surface area contributed by atoms with Crippen molar-refractivity contribution >= 4 is 21.6 Å². The first kappa shape index (κ1) is 17.4. The van der Waals surface area contributed by atoms with Crippen LogP contribution in [0.25, 0.3) is 0 Å². The molecule has 0 radical (unpaired) electrons. The fraction of sp³-hybridized carbons (Fsp3) is 0.278. The topological polar surface area (TPSA) is 66.5 Å². The number of carbonyl (C=O) groups excluding carboxylic acids is 1. The fourth-order valence-corrected chi connectivity index (χ4v) is 3.93. The number of halogens is 1. The van der Waals surface area contributed by atoms with E-state index < -0.39 is 10.0 Å². The summed E-state index contributed by atoms with van der Waals surface area (Å²) in [5, 5.41) is 2.87. The van der Waals surface area contributed by atoms with Gasteiger partial charge in [-0.2, -0.15) is 0 Å². The zero-order valence-electron chi connectivity index (χ0n) is 14.0. The second kappa shape index (κ2) is 6.48. The summed E-state index contributed by atoms with van der Waals surface area (Å²) in [6.45, 7) is 2.22. The van der Waals surface area contributed by atoms with Gasteiger partial charge in [-0.15, -0.1) is 0 Å². The van der Waals surface area contributed by atoms with Crippen molar-refractivity contribution in [2.75, 3.05) is 17.1 Å². The molecule has 3 rings (SSSR count). The highest BCUT2D eigenvalue weighted by molar-refractivity contribution is 7.92. The lowest BCUT2D eigenvalue weighted by Gasteiger charge is -2.17. The lowest BCUT2D eigenvalue weighted by molar-refractivity contribution is 0.0940. The van der Waals surface area contributed by atoms with Crippen molar-refractivity contribution in [3.8, 4) is 0 Å². The van der Waals surface area contributed by atoms with Crippen LogP contribution < -0.4 is 9.62 Å². The van der Waals surface area contributed by atoms with E-state index in [9.17, 15) is 17.6 Å². The normalized spacial score (nSPS) is 14.9. The first-order valence-electron chi connectivity index (χ1n) is 7.92. The average molecular weight is 362 g/mol. The molecule has 25 heavy (non-hydrogen) atoms. The first-order chi connectivity index (χ1) is 11.8. The predicted octanol–water partition coefficient (Wildman–Crippen LogP) is 2.64. The molecule has 0 aliphatic carbocycles. The molecule has 7 heteroatoms. The van der Waals surface area contributed by atoms with Gasteiger partial charge >= 0.3 is 0 Å². The van der Waals surface area contributed by atoms with Crippen LogP contribution >= 0.6 is 0 Å². The SMILES string of the molecule is CC(NC(=O)c1ccc2c(c1)CCN2S(C)(=O)=O)c1ccc(F)cc1. The van der Waals surface area contributed by atoms with Crippen molar-refractivity contribution in [2.24, 2.45) is 0 Å². The van der Waals surface area contributed by atoms with Crippen molar-refractivity contribution < 1.29 is 17.6 Å². The monoisotopic (exact) mass is 362 g/mol. The van der Waals surface area contributed by atoms with E-state index in [1.807, 2.05) is 6.92 Å². The third-order valence-electron chi connectivity index (χ3n) is 4.31. The molecule has 5 nitrogen and oxygen atoms in total. The van der Waals surface area contributed by atoms with Crippen LogP contribution in [0.3, 0.4) is 0 Å². The molecule has 0 bridgehead atoms. The largest absolute Gasteiger partial charge is 0.346 e. The summed E-state index contributed by atoms with van der Waals surface area (Å²) in [6, 6.07) is 10.7. The molecule has 1 atom stereocenters. The summed E-state index contributed by atoms with van der Waals surface area (Å²) < 4.78 is 37.9. The minimum absolute atomic E-state index is 0.252. The summed E-state index contributed by atoms with van der Waals surface area (Å²) in [6.07, 6.45) is 1.75. The van der Waals surface area contributed by atoms with Gasteiger partial charge in [-0.1, -0.05) is 12.1 Å². The van der Waals surface area contributed by atoms with Crippen LogP contribution in [0.4, 0.5) is 10.1 Å². The molecule has 1 N–H and O–H groups in total. The number of hydrogen-bond acceptors (Lipinski definition) is 3. The standard InChI is InChI=1S/C18H19FN2O3S/c1-12(13-3-6-16(19)7-4-13)20-18(22)15-5-8-17-14(11-15)9-10-21(17)25(2,23)24/h3-8,11-12H,9-10H2,1-2H3,(H,20,22). The number of nitrogens with zero attached hydrogens (tertiary/aromatic N) is 1. The molecular formula is C18H19FN2O3S. The molecule has 1 amide bonds. The Kier molecular flexibility index (Phi) is 4.51. The number of amides is 1. The number of benzene rings is 2. The van der Waals surface area contributed by atoms with Gasteiger partial charge in [0.25, 0.3) is 5.91 Å². The molecule has 2 aromatic carbocycles. The quantitative estimate of drug-likeness (QED) is 0.909. The van der Waals surface area contributed by atoms with Crippen LogP contribution in [0.15, 0.2) is 42.5 Å². The van der Waals surface area contributed by atoms with Gasteiger partial charge in [0.1, 0.15) is 5.82 Å².